The molecule has 0 saturated heterocycles. The summed E-state index contributed by atoms with van der Waals surface area (Å²) in [7, 11) is 0. The van der Waals surface area contributed by atoms with Crippen molar-refractivity contribution in [3.63, 3.8) is 0 Å². The highest BCUT2D eigenvalue weighted by molar-refractivity contribution is 6.01. The third-order valence-corrected chi connectivity index (χ3v) is 7.91. The molecule has 0 bridgehead atoms. The van der Waals surface area contributed by atoms with Crippen molar-refractivity contribution in [2.45, 2.75) is 32.4 Å². The summed E-state index contributed by atoms with van der Waals surface area (Å²) in [6.45, 7) is 2.85. The van der Waals surface area contributed by atoms with Crippen molar-refractivity contribution in [1.82, 2.24) is 14.5 Å². The number of nitrogens with zero attached hydrogens (tertiary/aromatic N) is 3. The van der Waals surface area contributed by atoms with Crippen LogP contribution in [0.1, 0.15) is 36.3 Å². The summed E-state index contributed by atoms with van der Waals surface area (Å²) < 4.78 is 1.74. The van der Waals surface area contributed by atoms with Crippen molar-refractivity contribution in [2.75, 3.05) is 11.9 Å². The number of benzene rings is 5. The number of fused-ring (bicyclic) bond motifs is 2. The lowest BCUT2D eigenvalue weighted by molar-refractivity contribution is 0.181. The van der Waals surface area contributed by atoms with Crippen LogP contribution < -0.4 is 10.9 Å². The van der Waals surface area contributed by atoms with E-state index in [1.165, 1.54) is 0 Å². The summed E-state index contributed by atoms with van der Waals surface area (Å²) in [4.78, 5) is 35.2. The first-order chi connectivity index (χ1) is 21.1. The van der Waals surface area contributed by atoms with E-state index in [-0.39, 0.29) is 11.6 Å². The second-order valence-corrected chi connectivity index (χ2v) is 10.7. The Labute approximate surface area is 251 Å². The largest absolute Gasteiger partial charge is 0.322 e. The van der Waals surface area contributed by atoms with Gasteiger partial charge in [-0.15, -0.1) is 0 Å². The zero-order valence-electron chi connectivity index (χ0n) is 24.2. The summed E-state index contributed by atoms with van der Waals surface area (Å²) in [5, 5.41) is 5.79. The standard InChI is InChI=1S/C37H34N4O2/c1-2-34(35-38-33-22-12-11-21-31(33)36(42)41(35)26-28-16-7-4-8-17-28)40(25-24-27-14-5-3-6-15-27)37(43)39-32-23-13-19-29-18-9-10-20-30(29)32/h3-23,34H,2,24-26H2,1H3,(H,39,43). The van der Waals surface area contributed by atoms with Crippen LogP contribution >= 0.6 is 0 Å². The highest BCUT2D eigenvalue weighted by atomic mass is 16.2. The summed E-state index contributed by atoms with van der Waals surface area (Å²) in [6, 6.07) is 40.7. The van der Waals surface area contributed by atoms with Gasteiger partial charge in [0.2, 0.25) is 0 Å². The van der Waals surface area contributed by atoms with Gasteiger partial charge in [-0.2, -0.15) is 0 Å². The molecule has 2 amide bonds. The topological polar surface area (TPSA) is 67.2 Å². The van der Waals surface area contributed by atoms with Crippen LogP contribution in [0.4, 0.5) is 10.5 Å². The molecule has 0 spiro atoms. The number of hydrogen-bond acceptors (Lipinski definition) is 3. The fourth-order valence-electron chi connectivity index (χ4n) is 5.72. The normalized spacial score (nSPS) is 11.8. The summed E-state index contributed by atoms with van der Waals surface area (Å²) in [5.41, 5.74) is 3.39. The van der Waals surface area contributed by atoms with Crippen molar-refractivity contribution in [2.24, 2.45) is 0 Å². The minimum atomic E-state index is -0.445. The van der Waals surface area contributed by atoms with Gasteiger partial charge in [0.15, 0.2) is 0 Å². The van der Waals surface area contributed by atoms with Gasteiger partial charge in [-0.3, -0.25) is 9.36 Å². The smallest absolute Gasteiger partial charge is 0.314 e. The zero-order valence-corrected chi connectivity index (χ0v) is 24.2. The number of carbonyl (C=O) groups excluding carboxylic acids is 1. The molecule has 0 radical (unpaired) electrons. The predicted octanol–water partition coefficient (Wildman–Crippen LogP) is 7.83. The number of anilines is 1. The minimum Gasteiger partial charge on any atom is -0.314 e. The van der Waals surface area contributed by atoms with Crippen molar-refractivity contribution < 1.29 is 4.79 Å². The number of para-hydroxylation sites is 1. The van der Waals surface area contributed by atoms with Gasteiger partial charge in [0.05, 0.1) is 29.2 Å². The highest BCUT2D eigenvalue weighted by Crippen LogP contribution is 2.28. The first-order valence-corrected chi connectivity index (χ1v) is 14.7. The molecule has 214 valence electrons. The number of amides is 2. The van der Waals surface area contributed by atoms with E-state index < -0.39 is 6.04 Å². The van der Waals surface area contributed by atoms with Crippen molar-refractivity contribution in [1.29, 1.82) is 0 Å². The molecule has 6 aromatic rings. The molecule has 0 saturated carbocycles. The Morgan fingerprint density at radius 2 is 1.40 bits per heavy atom. The molecule has 6 rings (SSSR count). The maximum Gasteiger partial charge on any atom is 0.322 e. The summed E-state index contributed by atoms with van der Waals surface area (Å²) >= 11 is 0. The Balaban J connectivity index is 1.45. The first kappa shape index (κ1) is 27.9. The van der Waals surface area contributed by atoms with Crippen LogP contribution in [-0.4, -0.2) is 27.0 Å². The van der Waals surface area contributed by atoms with E-state index in [9.17, 15) is 9.59 Å². The molecule has 0 aliphatic heterocycles. The van der Waals surface area contributed by atoms with Gasteiger partial charge in [-0.1, -0.05) is 116 Å². The van der Waals surface area contributed by atoms with E-state index >= 15 is 0 Å². The molecule has 1 N–H and O–H groups in total. The molecule has 0 fully saturated rings. The van der Waals surface area contributed by atoms with Crippen molar-refractivity contribution in [3.05, 3.63) is 155 Å². The monoisotopic (exact) mass is 566 g/mol. The molecule has 1 heterocycles. The van der Waals surface area contributed by atoms with Gasteiger partial charge >= 0.3 is 6.03 Å². The molecule has 1 aromatic heterocycles. The van der Waals surface area contributed by atoms with Crippen LogP contribution in [0, 0.1) is 0 Å². The highest BCUT2D eigenvalue weighted by Gasteiger charge is 2.29. The molecule has 1 unspecified atom stereocenters. The fourth-order valence-corrected chi connectivity index (χ4v) is 5.72. The Kier molecular flexibility index (Phi) is 8.27. The summed E-state index contributed by atoms with van der Waals surface area (Å²) in [5.74, 6) is 0.580. The molecular formula is C37H34N4O2. The average molecular weight is 567 g/mol. The SMILES string of the molecule is CCC(c1nc2ccccc2c(=O)n1Cc1ccccc1)N(CCc1ccccc1)C(=O)Nc1cccc2ccccc12. The van der Waals surface area contributed by atoms with Crippen LogP contribution in [0.3, 0.4) is 0 Å². The molecule has 43 heavy (non-hydrogen) atoms. The van der Waals surface area contributed by atoms with E-state index in [2.05, 4.69) is 17.4 Å². The predicted molar refractivity (Wildman–Crippen MR) is 174 cm³/mol. The van der Waals surface area contributed by atoms with E-state index in [0.717, 1.165) is 27.6 Å². The van der Waals surface area contributed by atoms with Crippen LogP contribution in [0.5, 0.6) is 0 Å². The van der Waals surface area contributed by atoms with Crippen LogP contribution in [0.25, 0.3) is 21.7 Å². The van der Waals surface area contributed by atoms with Crippen molar-refractivity contribution >= 4 is 33.4 Å². The third kappa shape index (κ3) is 6.04. The molecule has 0 aliphatic rings. The molecule has 1 atom stereocenters. The van der Waals surface area contributed by atoms with Gasteiger partial charge in [-0.25, -0.2) is 9.78 Å². The number of carbonyl (C=O) groups is 1. The number of urea groups is 1. The lowest BCUT2D eigenvalue weighted by Gasteiger charge is -2.32. The van der Waals surface area contributed by atoms with Crippen LogP contribution in [0.15, 0.2) is 132 Å². The van der Waals surface area contributed by atoms with E-state index in [1.54, 1.807) is 4.57 Å². The maximum absolute atomic E-state index is 14.3. The van der Waals surface area contributed by atoms with Gasteiger partial charge in [-0.05, 0) is 47.6 Å². The van der Waals surface area contributed by atoms with Crippen LogP contribution in [0.2, 0.25) is 0 Å². The van der Waals surface area contributed by atoms with Crippen molar-refractivity contribution in [3.8, 4) is 0 Å². The van der Waals surface area contributed by atoms with Gasteiger partial charge in [0.1, 0.15) is 5.82 Å². The van der Waals surface area contributed by atoms with Gasteiger partial charge < -0.3 is 10.2 Å². The minimum absolute atomic E-state index is 0.111. The Morgan fingerprint density at radius 3 is 2.14 bits per heavy atom. The molecule has 5 aromatic carbocycles. The lowest BCUT2D eigenvalue weighted by atomic mass is 10.1. The lowest BCUT2D eigenvalue weighted by Crippen LogP contribution is -2.42. The molecule has 6 heteroatoms. The van der Waals surface area contributed by atoms with Gasteiger partial charge in [0.25, 0.3) is 5.56 Å². The number of rotatable bonds is 9. The second kappa shape index (κ2) is 12.7. The van der Waals surface area contributed by atoms with Gasteiger partial charge in [0, 0.05) is 11.9 Å². The number of nitrogens with one attached hydrogen (secondary N) is 1. The average Bonchev–Trinajstić information content (AvgIpc) is 3.05. The maximum atomic E-state index is 14.3. The Bertz CT molecular complexity index is 1910. The first-order valence-electron chi connectivity index (χ1n) is 14.7. The third-order valence-electron chi connectivity index (χ3n) is 7.91. The molecular weight excluding hydrogens is 532 g/mol. The summed E-state index contributed by atoms with van der Waals surface area (Å²) in [6.07, 6.45) is 1.24. The second-order valence-electron chi connectivity index (χ2n) is 10.7. The fraction of sp³-hybridized carbons (Fsp3) is 0.162. The quantitative estimate of drug-likeness (QED) is 0.194. The Hall–Kier alpha value is -5.23. The zero-order chi connectivity index (χ0) is 29.6. The van der Waals surface area contributed by atoms with E-state index in [4.69, 9.17) is 4.98 Å². The Morgan fingerprint density at radius 1 is 0.767 bits per heavy atom. The molecule has 6 nitrogen and oxygen atoms in total. The van der Waals surface area contributed by atoms with E-state index in [1.807, 2.05) is 127 Å². The number of hydrogen-bond donors (Lipinski definition) is 1. The van der Waals surface area contributed by atoms with Crippen LogP contribution in [-0.2, 0) is 13.0 Å². The molecule has 0 aliphatic carbocycles. The number of aromatic nitrogens is 2. The van der Waals surface area contributed by atoms with E-state index in [0.29, 0.717) is 42.7 Å².